The lowest BCUT2D eigenvalue weighted by Crippen LogP contribution is -2.49. The third kappa shape index (κ3) is 5.59. The number of rotatable bonds is 4. The molecule has 1 saturated carbocycles. The van der Waals surface area contributed by atoms with Crippen molar-refractivity contribution >= 4 is 23.4 Å². The van der Waals surface area contributed by atoms with Crippen molar-refractivity contribution in [1.29, 1.82) is 0 Å². The number of anilines is 1. The van der Waals surface area contributed by atoms with E-state index in [1.807, 2.05) is 11.8 Å². The Morgan fingerprint density at radius 1 is 1.22 bits per heavy atom. The second kappa shape index (κ2) is 10.3. The Bertz CT molecular complexity index is 854. The van der Waals surface area contributed by atoms with Crippen LogP contribution in [0.2, 0.25) is 0 Å². The van der Waals surface area contributed by atoms with Gasteiger partial charge in [-0.2, -0.15) is 0 Å². The summed E-state index contributed by atoms with van der Waals surface area (Å²) in [5.41, 5.74) is 0.984. The van der Waals surface area contributed by atoms with Crippen molar-refractivity contribution in [2.75, 3.05) is 39.2 Å². The SMILES string of the molecule is CCC(=O)Nc1ccc2c(c1)OC[C@@H](C)N(C(=O)C1CC1)C[C@H](C)[C@@H](OC)CN(C)C2=O. The van der Waals surface area contributed by atoms with Gasteiger partial charge in [-0.1, -0.05) is 13.8 Å². The molecular formula is C24H35N3O5. The van der Waals surface area contributed by atoms with Crippen LogP contribution in [0.25, 0.3) is 0 Å². The van der Waals surface area contributed by atoms with Crippen LogP contribution < -0.4 is 10.1 Å². The Morgan fingerprint density at radius 2 is 1.94 bits per heavy atom. The molecular weight excluding hydrogens is 410 g/mol. The van der Waals surface area contributed by atoms with Gasteiger partial charge in [0.15, 0.2) is 0 Å². The minimum absolute atomic E-state index is 0.0472. The number of hydrogen-bond acceptors (Lipinski definition) is 5. The van der Waals surface area contributed by atoms with Crippen molar-refractivity contribution in [3.05, 3.63) is 23.8 Å². The van der Waals surface area contributed by atoms with Crippen molar-refractivity contribution in [1.82, 2.24) is 9.80 Å². The number of carbonyl (C=O) groups is 3. The monoisotopic (exact) mass is 445 g/mol. The average molecular weight is 446 g/mol. The maximum absolute atomic E-state index is 13.2. The third-order valence-corrected chi connectivity index (χ3v) is 6.26. The summed E-state index contributed by atoms with van der Waals surface area (Å²) in [4.78, 5) is 41.6. The van der Waals surface area contributed by atoms with E-state index in [0.717, 1.165) is 12.8 Å². The van der Waals surface area contributed by atoms with Crippen molar-refractivity contribution in [3.63, 3.8) is 0 Å². The van der Waals surface area contributed by atoms with Gasteiger partial charge in [-0.05, 0) is 31.9 Å². The van der Waals surface area contributed by atoms with Crippen LogP contribution in [0.4, 0.5) is 5.69 Å². The summed E-state index contributed by atoms with van der Waals surface area (Å²) in [7, 11) is 3.38. The fourth-order valence-corrected chi connectivity index (χ4v) is 3.97. The topological polar surface area (TPSA) is 88.2 Å². The highest BCUT2D eigenvalue weighted by Gasteiger charge is 2.37. The summed E-state index contributed by atoms with van der Waals surface area (Å²) < 4.78 is 11.8. The lowest BCUT2D eigenvalue weighted by molar-refractivity contribution is -0.136. The zero-order valence-corrected chi connectivity index (χ0v) is 19.7. The molecule has 1 aromatic rings. The standard InChI is InChI=1S/C24H35N3O5/c1-6-22(28)25-18-9-10-19-20(11-18)32-14-16(3)27(23(29)17-7-8-17)12-15(2)21(31-5)13-26(4)24(19)30/h9-11,15-17,21H,6-8,12-14H2,1-5H3,(H,25,28)/t15-,16+,21-/m0/s1. The van der Waals surface area contributed by atoms with Gasteiger partial charge in [0.1, 0.15) is 12.4 Å². The van der Waals surface area contributed by atoms with Gasteiger partial charge in [-0.25, -0.2) is 0 Å². The summed E-state index contributed by atoms with van der Waals surface area (Å²) in [6.45, 7) is 6.98. The summed E-state index contributed by atoms with van der Waals surface area (Å²) in [5.74, 6) is 0.407. The summed E-state index contributed by atoms with van der Waals surface area (Å²) in [5, 5.41) is 2.81. The molecule has 1 aliphatic heterocycles. The van der Waals surface area contributed by atoms with Crippen molar-refractivity contribution in [3.8, 4) is 5.75 Å². The first kappa shape index (κ1) is 24.0. The minimum atomic E-state index is -0.211. The largest absolute Gasteiger partial charge is 0.491 e. The van der Waals surface area contributed by atoms with Crippen molar-refractivity contribution < 1.29 is 23.9 Å². The number of nitrogens with one attached hydrogen (secondary N) is 1. The molecule has 32 heavy (non-hydrogen) atoms. The van der Waals surface area contributed by atoms with Crippen LogP contribution in [0.1, 0.15) is 50.4 Å². The van der Waals surface area contributed by atoms with E-state index < -0.39 is 0 Å². The molecule has 8 nitrogen and oxygen atoms in total. The highest BCUT2D eigenvalue weighted by molar-refractivity contribution is 5.98. The molecule has 0 saturated heterocycles. The molecule has 3 amide bonds. The fourth-order valence-electron chi connectivity index (χ4n) is 3.97. The van der Waals surface area contributed by atoms with E-state index in [0.29, 0.717) is 36.5 Å². The Morgan fingerprint density at radius 3 is 2.56 bits per heavy atom. The molecule has 0 bridgehead atoms. The molecule has 3 atom stereocenters. The van der Waals surface area contributed by atoms with E-state index in [1.165, 1.54) is 0 Å². The fraction of sp³-hybridized carbons (Fsp3) is 0.625. The predicted octanol–water partition coefficient (Wildman–Crippen LogP) is 2.78. The predicted molar refractivity (Wildman–Crippen MR) is 122 cm³/mol. The molecule has 0 aromatic heterocycles. The molecule has 2 aliphatic rings. The van der Waals surface area contributed by atoms with Crippen LogP contribution in [-0.4, -0.2) is 73.5 Å². The molecule has 1 N–H and O–H groups in total. The maximum Gasteiger partial charge on any atom is 0.257 e. The smallest absolute Gasteiger partial charge is 0.257 e. The van der Waals surface area contributed by atoms with Gasteiger partial charge in [0.25, 0.3) is 5.91 Å². The Hall–Kier alpha value is -2.61. The molecule has 176 valence electrons. The molecule has 1 aromatic carbocycles. The number of ether oxygens (including phenoxy) is 2. The van der Waals surface area contributed by atoms with Crippen LogP contribution in [0.15, 0.2) is 18.2 Å². The highest BCUT2D eigenvalue weighted by Crippen LogP contribution is 2.33. The first-order valence-corrected chi connectivity index (χ1v) is 11.4. The lowest BCUT2D eigenvalue weighted by Gasteiger charge is -2.36. The first-order valence-electron chi connectivity index (χ1n) is 11.4. The lowest BCUT2D eigenvalue weighted by atomic mass is 10.0. The minimum Gasteiger partial charge on any atom is -0.491 e. The molecule has 1 aliphatic carbocycles. The van der Waals surface area contributed by atoms with Crippen LogP contribution in [-0.2, 0) is 14.3 Å². The quantitative estimate of drug-likeness (QED) is 0.770. The average Bonchev–Trinajstić information content (AvgIpc) is 3.63. The number of carbonyl (C=O) groups excluding carboxylic acids is 3. The van der Waals surface area contributed by atoms with E-state index >= 15 is 0 Å². The highest BCUT2D eigenvalue weighted by atomic mass is 16.5. The number of amides is 3. The van der Waals surface area contributed by atoms with E-state index in [1.54, 1.807) is 44.2 Å². The van der Waals surface area contributed by atoms with Gasteiger partial charge in [0.05, 0.1) is 17.7 Å². The molecule has 0 unspecified atom stereocenters. The normalized spacial score (nSPS) is 24.7. The maximum atomic E-state index is 13.2. The van der Waals surface area contributed by atoms with Gasteiger partial charge in [0.2, 0.25) is 11.8 Å². The van der Waals surface area contributed by atoms with Crippen LogP contribution >= 0.6 is 0 Å². The summed E-state index contributed by atoms with van der Waals surface area (Å²) in [6, 6.07) is 4.89. The Labute approximate surface area is 190 Å². The van der Waals surface area contributed by atoms with E-state index in [9.17, 15) is 14.4 Å². The number of fused-ring (bicyclic) bond motifs is 1. The van der Waals surface area contributed by atoms with Gasteiger partial charge < -0.3 is 24.6 Å². The number of hydrogen-bond donors (Lipinski definition) is 1. The number of benzene rings is 1. The second-order valence-electron chi connectivity index (χ2n) is 8.97. The Balaban J connectivity index is 1.94. The van der Waals surface area contributed by atoms with Crippen LogP contribution in [0, 0.1) is 11.8 Å². The third-order valence-electron chi connectivity index (χ3n) is 6.26. The molecule has 8 heteroatoms. The van der Waals surface area contributed by atoms with E-state index in [4.69, 9.17) is 9.47 Å². The summed E-state index contributed by atoms with van der Waals surface area (Å²) in [6.07, 6.45) is 2.01. The number of likely N-dealkylation sites (N-methyl/N-ethyl adjacent to an activating group) is 1. The van der Waals surface area contributed by atoms with E-state index in [-0.39, 0.29) is 48.3 Å². The van der Waals surface area contributed by atoms with Gasteiger partial charge in [-0.15, -0.1) is 0 Å². The number of methoxy groups -OCH3 is 1. The van der Waals surface area contributed by atoms with Gasteiger partial charge in [0, 0.05) is 57.3 Å². The molecule has 3 rings (SSSR count). The Kier molecular flexibility index (Phi) is 7.77. The number of nitrogens with zero attached hydrogens (tertiary/aromatic N) is 2. The van der Waals surface area contributed by atoms with Crippen molar-refractivity contribution in [2.24, 2.45) is 11.8 Å². The van der Waals surface area contributed by atoms with Crippen molar-refractivity contribution in [2.45, 2.75) is 52.2 Å². The van der Waals surface area contributed by atoms with E-state index in [2.05, 4.69) is 12.2 Å². The molecule has 1 heterocycles. The zero-order valence-electron chi connectivity index (χ0n) is 19.7. The van der Waals surface area contributed by atoms with Crippen LogP contribution in [0.5, 0.6) is 5.75 Å². The van der Waals surface area contributed by atoms with Gasteiger partial charge >= 0.3 is 0 Å². The summed E-state index contributed by atoms with van der Waals surface area (Å²) >= 11 is 0. The van der Waals surface area contributed by atoms with Gasteiger partial charge in [-0.3, -0.25) is 14.4 Å². The second-order valence-corrected chi connectivity index (χ2v) is 8.97. The van der Waals surface area contributed by atoms with Crippen LogP contribution in [0.3, 0.4) is 0 Å². The molecule has 1 fully saturated rings. The first-order chi connectivity index (χ1) is 15.2. The zero-order chi connectivity index (χ0) is 23.4. The molecule has 0 radical (unpaired) electrons. The molecule has 0 spiro atoms.